The largest absolute Gasteiger partial charge is 0.489 e. The average Bonchev–Trinajstić information content (AvgIpc) is 3.35. The molecule has 0 unspecified atom stereocenters. The fourth-order valence-electron chi connectivity index (χ4n) is 4.50. The molecule has 0 saturated carbocycles. The minimum Gasteiger partial charge on any atom is -0.489 e. The number of aryl methyl sites for hydroxylation is 1. The molecule has 1 aromatic heterocycles. The molecule has 6 nitrogen and oxygen atoms in total. The highest BCUT2D eigenvalue weighted by Gasteiger charge is 2.27. The van der Waals surface area contributed by atoms with E-state index in [1.54, 1.807) is 35.0 Å². The van der Waals surface area contributed by atoms with E-state index in [1.165, 1.54) is 24.3 Å². The number of rotatable bonds is 10. The van der Waals surface area contributed by atoms with Crippen molar-refractivity contribution in [2.75, 3.05) is 6.61 Å². The summed E-state index contributed by atoms with van der Waals surface area (Å²) < 4.78 is 52.7. The summed E-state index contributed by atoms with van der Waals surface area (Å²) >= 11 is 0. The van der Waals surface area contributed by atoms with Crippen molar-refractivity contribution >= 4 is 21.0 Å². The van der Waals surface area contributed by atoms with Gasteiger partial charge in [-0.2, -0.15) is 8.42 Å². The smallest absolute Gasteiger partial charge is 0.297 e. The summed E-state index contributed by atoms with van der Waals surface area (Å²) in [5.74, 6) is 0.213. The van der Waals surface area contributed by atoms with E-state index in [2.05, 4.69) is 0 Å². The van der Waals surface area contributed by atoms with Gasteiger partial charge in [0.05, 0.1) is 17.5 Å². The van der Waals surface area contributed by atoms with E-state index in [9.17, 15) is 17.9 Å². The molecule has 39 heavy (non-hydrogen) atoms. The van der Waals surface area contributed by atoms with Crippen LogP contribution in [0.1, 0.15) is 22.7 Å². The maximum atomic E-state index is 14.2. The first-order valence-corrected chi connectivity index (χ1v) is 13.9. The Balaban J connectivity index is 1.41. The molecule has 5 aromatic rings. The SMILES string of the molecule is Cc1ccc(S(=O)(=O)OC[C@@H](O)[C@H](c2cccc(F)c2)n2ccc3cc(OCc4ccccc4)ccc32)cc1. The molecular weight excluding hydrogens is 517 g/mol. The van der Waals surface area contributed by atoms with Crippen molar-refractivity contribution in [2.24, 2.45) is 0 Å². The van der Waals surface area contributed by atoms with Gasteiger partial charge in [0.2, 0.25) is 0 Å². The highest BCUT2D eigenvalue weighted by molar-refractivity contribution is 7.86. The number of fused-ring (bicyclic) bond motifs is 1. The first-order valence-electron chi connectivity index (χ1n) is 12.5. The molecule has 5 rings (SSSR count). The number of ether oxygens (including phenoxy) is 1. The van der Waals surface area contributed by atoms with Gasteiger partial charge in [0.15, 0.2) is 0 Å². The summed E-state index contributed by atoms with van der Waals surface area (Å²) in [6.07, 6.45) is 0.468. The van der Waals surface area contributed by atoms with Crippen molar-refractivity contribution in [3.8, 4) is 5.75 Å². The molecule has 2 atom stereocenters. The zero-order valence-corrected chi connectivity index (χ0v) is 22.1. The molecule has 0 aliphatic rings. The fraction of sp³-hybridized carbons (Fsp3) is 0.161. The number of nitrogens with zero attached hydrogens (tertiary/aromatic N) is 1. The quantitative estimate of drug-likeness (QED) is 0.217. The molecule has 200 valence electrons. The van der Waals surface area contributed by atoms with E-state index in [-0.39, 0.29) is 4.90 Å². The van der Waals surface area contributed by atoms with E-state index in [0.29, 0.717) is 17.9 Å². The highest BCUT2D eigenvalue weighted by Crippen LogP contribution is 2.31. The Morgan fingerprint density at radius 2 is 1.67 bits per heavy atom. The molecular formula is C31H28FNO5S. The van der Waals surface area contributed by atoms with E-state index in [1.807, 2.05) is 61.5 Å². The number of hydrogen-bond donors (Lipinski definition) is 1. The van der Waals surface area contributed by atoms with Crippen LogP contribution in [0, 0.1) is 12.7 Å². The molecule has 4 aromatic carbocycles. The van der Waals surface area contributed by atoms with Crippen molar-refractivity contribution in [1.29, 1.82) is 0 Å². The predicted molar refractivity (Wildman–Crippen MR) is 148 cm³/mol. The summed E-state index contributed by atoms with van der Waals surface area (Å²) in [5.41, 5.74) is 3.19. The molecule has 0 aliphatic heterocycles. The standard InChI is InChI=1S/C31H28FNO5S/c1-22-10-13-28(14-11-22)39(35,36)38-21-30(34)31(25-8-5-9-26(32)18-25)33-17-16-24-19-27(12-15-29(24)33)37-20-23-6-3-2-4-7-23/h2-19,30-31,34H,20-21H2,1H3/t30-,31+/m1/s1. The summed E-state index contributed by atoms with van der Waals surface area (Å²) in [6.45, 7) is 1.75. The Labute approximate surface area is 227 Å². The lowest BCUT2D eigenvalue weighted by Gasteiger charge is -2.26. The Morgan fingerprint density at radius 1 is 0.897 bits per heavy atom. The lowest BCUT2D eigenvalue weighted by Crippen LogP contribution is -2.30. The first-order chi connectivity index (χ1) is 18.8. The molecule has 0 fully saturated rings. The van der Waals surface area contributed by atoms with Gasteiger partial charge in [0.1, 0.15) is 24.3 Å². The number of aromatic nitrogens is 1. The Bertz CT molecular complexity index is 1670. The maximum absolute atomic E-state index is 14.2. The van der Waals surface area contributed by atoms with Crippen LogP contribution in [0.25, 0.3) is 10.9 Å². The molecule has 0 bridgehead atoms. The number of halogens is 1. The van der Waals surface area contributed by atoms with Crippen molar-refractivity contribution < 1.29 is 26.8 Å². The van der Waals surface area contributed by atoms with Gasteiger partial charge in [-0.1, -0.05) is 60.2 Å². The molecule has 1 N–H and O–H groups in total. The minimum atomic E-state index is -4.10. The molecule has 0 amide bonds. The summed E-state index contributed by atoms with van der Waals surface area (Å²) in [5, 5.41) is 12.1. The van der Waals surface area contributed by atoms with Crippen LogP contribution in [0.4, 0.5) is 4.39 Å². The molecule has 1 heterocycles. The van der Waals surface area contributed by atoms with Gasteiger partial charge in [0.25, 0.3) is 10.1 Å². The monoisotopic (exact) mass is 545 g/mol. The van der Waals surface area contributed by atoms with Gasteiger partial charge >= 0.3 is 0 Å². The zero-order valence-electron chi connectivity index (χ0n) is 21.3. The van der Waals surface area contributed by atoms with Crippen LogP contribution in [0.15, 0.2) is 114 Å². The minimum absolute atomic E-state index is 0.00273. The van der Waals surface area contributed by atoms with Crippen LogP contribution in [0.3, 0.4) is 0 Å². The van der Waals surface area contributed by atoms with E-state index < -0.39 is 34.7 Å². The third-order valence-corrected chi connectivity index (χ3v) is 7.79. The molecule has 0 saturated heterocycles. The maximum Gasteiger partial charge on any atom is 0.297 e. The van der Waals surface area contributed by atoms with Gasteiger partial charge in [0, 0.05) is 17.1 Å². The van der Waals surface area contributed by atoms with Gasteiger partial charge in [-0.15, -0.1) is 0 Å². The van der Waals surface area contributed by atoms with Crippen molar-refractivity contribution in [1.82, 2.24) is 4.57 Å². The predicted octanol–water partition coefficient (Wildman–Crippen LogP) is 6.02. The lowest BCUT2D eigenvalue weighted by atomic mass is 10.0. The topological polar surface area (TPSA) is 77.8 Å². The van der Waals surface area contributed by atoms with Crippen molar-refractivity contribution in [3.63, 3.8) is 0 Å². The summed E-state index contributed by atoms with van der Waals surface area (Å²) in [6, 6.07) is 28.6. The third-order valence-electron chi connectivity index (χ3n) is 6.50. The van der Waals surface area contributed by atoms with Gasteiger partial charge < -0.3 is 14.4 Å². The van der Waals surface area contributed by atoms with E-state index in [4.69, 9.17) is 8.92 Å². The molecule has 8 heteroatoms. The highest BCUT2D eigenvalue weighted by atomic mass is 32.2. The van der Waals surface area contributed by atoms with Crippen molar-refractivity contribution in [2.45, 2.75) is 30.6 Å². The number of aliphatic hydroxyl groups is 1. The fourth-order valence-corrected chi connectivity index (χ4v) is 5.42. The Kier molecular flexibility index (Phi) is 7.79. The van der Waals surface area contributed by atoms with Gasteiger partial charge in [-0.25, -0.2) is 4.39 Å². The van der Waals surface area contributed by atoms with Crippen LogP contribution in [-0.4, -0.2) is 30.8 Å². The van der Waals surface area contributed by atoms with Gasteiger partial charge in [-0.05, 0) is 66.6 Å². The first kappa shape index (κ1) is 26.6. The molecule has 0 radical (unpaired) electrons. The van der Waals surface area contributed by atoms with E-state index >= 15 is 0 Å². The van der Waals surface area contributed by atoms with E-state index in [0.717, 1.165) is 22.0 Å². The second-order valence-electron chi connectivity index (χ2n) is 9.34. The van der Waals surface area contributed by atoms with Crippen LogP contribution in [-0.2, 0) is 20.9 Å². The second kappa shape index (κ2) is 11.4. The summed E-state index contributed by atoms with van der Waals surface area (Å²) in [4.78, 5) is -0.00273. The summed E-state index contributed by atoms with van der Waals surface area (Å²) in [7, 11) is -4.10. The lowest BCUT2D eigenvalue weighted by molar-refractivity contribution is 0.0784. The second-order valence-corrected chi connectivity index (χ2v) is 11.0. The number of benzene rings is 4. The van der Waals surface area contributed by atoms with Crippen LogP contribution in [0.5, 0.6) is 5.75 Å². The van der Waals surface area contributed by atoms with Gasteiger partial charge in [-0.3, -0.25) is 4.18 Å². The van der Waals surface area contributed by atoms with Crippen molar-refractivity contribution in [3.05, 3.63) is 132 Å². The van der Waals surface area contributed by atoms with Crippen LogP contribution in [0.2, 0.25) is 0 Å². The number of aliphatic hydroxyl groups excluding tert-OH is 1. The molecule has 0 spiro atoms. The Morgan fingerprint density at radius 3 is 2.41 bits per heavy atom. The van der Waals surface area contributed by atoms with Crippen LogP contribution >= 0.6 is 0 Å². The molecule has 0 aliphatic carbocycles. The zero-order chi connectivity index (χ0) is 27.4. The van der Waals surface area contributed by atoms with Crippen LogP contribution < -0.4 is 4.74 Å². The average molecular weight is 546 g/mol. The Hall–Kier alpha value is -3.98. The third kappa shape index (κ3) is 6.20. The number of hydrogen-bond acceptors (Lipinski definition) is 5. The normalized spacial score (nSPS) is 13.3.